The zero-order valence-corrected chi connectivity index (χ0v) is 19.6. The Morgan fingerprint density at radius 3 is 2.57 bits per heavy atom. The topological polar surface area (TPSA) is 51.9 Å². The number of oxime groups is 1. The maximum absolute atomic E-state index is 13.8. The molecule has 2 unspecified atom stereocenters. The number of halogens is 3. The van der Waals surface area contributed by atoms with Gasteiger partial charge in [0.2, 0.25) is 0 Å². The van der Waals surface area contributed by atoms with Gasteiger partial charge in [-0.3, -0.25) is 0 Å². The first-order chi connectivity index (χ1) is 16.9. The summed E-state index contributed by atoms with van der Waals surface area (Å²) in [5.74, 6) is -2.62. The van der Waals surface area contributed by atoms with Crippen LogP contribution in [0.3, 0.4) is 0 Å². The van der Waals surface area contributed by atoms with Gasteiger partial charge in [-0.2, -0.15) is 0 Å². The van der Waals surface area contributed by atoms with Gasteiger partial charge in [0.05, 0.1) is 30.9 Å². The summed E-state index contributed by atoms with van der Waals surface area (Å²) in [4.78, 5) is 12.0. The molecule has 0 bridgehead atoms. The van der Waals surface area contributed by atoms with Crippen molar-refractivity contribution < 1.29 is 22.7 Å². The summed E-state index contributed by atoms with van der Waals surface area (Å²) < 4.78 is 48.6. The van der Waals surface area contributed by atoms with Crippen LogP contribution in [0.25, 0.3) is 11.3 Å². The van der Waals surface area contributed by atoms with E-state index >= 15 is 0 Å². The first-order valence-corrected chi connectivity index (χ1v) is 11.4. The lowest BCUT2D eigenvalue weighted by Crippen LogP contribution is -2.45. The summed E-state index contributed by atoms with van der Waals surface area (Å²) in [7, 11) is 1.64. The minimum Gasteiger partial charge on any atom is -0.495 e. The minimum absolute atomic E-state index is 0.209. The van der Waals surface area contributed by atoms with Crippen LogP contribution in [0.2, 0.25) is 0 Å². The third-order valence-electron chi connectivity index (χ3n) is 6.51. The lowest BCUT2D eigenvalue weighted by atomic mass is 10.00. The van der Waals surface area contributed by atoms with Crippen LogP contribution in [0, 0.1) is 24.4 Å². The summed E-state index contributed by atoms with van der Waals surface area (Å²) in [5.41, 5.74) is 4.09. The van der Waals surface area contributed by atoms with Crippen molar-refractivity contribution in [3.63, 3.8) is 0 Å². The van der Waals surface area contributed by atoms with Crippen molar-refractivity contribution in [2.45, 2.75) is 38.8 Å². The molecule has 0 N–H and O–H groups in total. The fourth-order valence-electron chi connectivity index (χ4n) is 4.67. The van der Waals surface area contributed by atoms with Crippen molar-refractivity contribution in [3.05, 3.63) is 83.2 Å². The van der Waals surface area contributed by atoms with Crippen molar-refractivity contribution in [3.8, 4) is 11.4 Å². The molecule has 6 nitrogen and oxygen atoms in total. The van der Waals surface area contributed by atoms with E-state index in [9.17, 15) is 13.2 Å². The van der Waals surface area contributed by atoms with Gasteiger partial charge in [0, 0.05) is 18.3 Å². The van der Waals surface area contributed by atoms with Crippen molar-refractivity contribution in [2.75, 3.05) is 13.7 Å². The van der Waals surface area contributed by atoms with Gasteiger partial charge in [0.1, 0.15) is 5.75 Å². The number of amidine groups is 1. The number of ether oxygens (including phenoxy) is 1. The van der Waals surface area contributed by atoms with Crippen LogP contribution in [0.15, 0.2) is 54.1 Å². The van der Waals surface area contributed by atoms with Gasteiger partial charge in [0.15, 0.2) is 29.4 Å². The molecule has 0 amide bonds. The molecule has 9 heteroatoms. The SMILES string of the molecule is COc1cc(C2=CC3=NOC(c4cc(F)c(F)c(F)c4)C(C)N3CCC2)ccc1-n1cnc(C)c1. The molecule has 35 heavy (non-hydrogen) atoms. The summed E-state index contributed by atoms with van der Waals surface area (Å²) in [6.45, 7) is 4.53. The molecule has 0 aliphatic carbocycles. The fraction of sp³-hybridized carbons (Fsp3) is 0.308. The Bertz CT molecular complexity index is 1310. The van der Waals surface area contributed by atoms with Gasteiger partial charge >= 0.3 is 0 Å². The minimum atomic E-state index is -1.49. The second-order valence-electron chi connectivity index (χ2n) is 8.79. The molecule has 0 saturated heterocycles. The van der Waals surface area contributed by atoms with Gasteiger partial charge < -0.3 is 19.0 Å². The van der Waals surface area contributed by atoms with Gasteiger partial charge in [-0.15, -0.1) is 0 Å². The second-order valence-corrected chi connectivity index (χ2v) is 8.79. The predicted molar refractivity (Wildman–Crippen MR) is 126 cm³/mol. The number of allylic oxidation sites excluding steroid dienone is 1. The number of aromatic nitrogens is 2. The number of fused-ring (bicyclic) bond motifs is 1. The van der Waals surface area contributed by atoms with E-state index in [-0.39, 0.29) is 11.6 Å². The van der Waals surface area contributed by atoms with E-state index in [4.69, 9.17) is 9.57 Å². The Morgan fingerprint density at radius 2 is 1.89 bits per heavy atom. The molecule has 2 aromatic carbocycles. The van der Waals surface area contributed by atoms with E-state index in [1.54, 1.807) is 13.4 Å². The van der Waals surface area contributed by atoms with E-state index in [2.05, 4.69) is 15.0 Å². The van der Waals surface area contributed by atoms with E-state index in [1.165, 1.54) is 0 Å². The molecule has 2 atom stereocenters. The number of hydrogen-bond acceptors (Lipinski definition) is 5. The van der Waals surface area contributed by atoms with Gasteiger partial charge in [0.25, 0.3) is 0 Å². The fourth-order valence-corrected chi connectivity index (χ4v) is 4.67. The molecule has 182 valence electrons. The van der Waals surface area contributed by atoms with Crippen molar-refractivity contribution in [2.24, 2.45) is 5.16 Å². The van der Waals surface area contributed by atoms with Gasteiger partial charge in [-0.1, -0.05) is 11.2 Å². The maximum Gasteiger partial charge on any atom is 0.194 e. The van der Waals surface area contributed by atoms with Crippen LogP contribution in [0.4, 0.5) is 13.2 Å². The molecule has 3 aromatic rings. The van der Waals surface area contributed by atoms with Crippen LogP contribution < -0.4 is 4.74 Å². The van der Waals surface area contributed by atoms with Gasteiger partial charge in [-0.25, -0.2) is 18.2 Å². The monoisotopic (exact) mass is 482 g/mol. The Kier molecular flexibility index (Phi) is 6.00. The Hall–Kier alpha value is -3.75. The van der Waals surface area contributed by atoms with Crippen LogP contribution in [0.5, 0.6) is 5.75 Å². The summed E-state index contributed by atoms with van der Waals surface area (Å²) in [6, 6.07) is 7.70. The highest BCUT2D eigenvalue weighted by Gasteiger charge is 2.35. The molecule has 5 rings (SSSR count). The summed E-state index contributed by atoms with van der Waals surface area (Å²) >= 11 is 0. The number of rotatable bonds is 4. The highest BCUT2D eigenvalue weighted by molar-refractivity contribution is 6.00. The van der Waals surface area contributed by atoms with Crippen LogP contribution in [-0.4, -0.2) is 40.0 Å². The third-order valence-corrected chi connectivity index (χ3v) is 6.51. The zero-order valence-electron chi connectivity index (χ0n) is 19.6. The normalized spacial score (nSPS) is 19.9. The second kappa shape index (κ2) is 9.13. The van der Waals surface area contributed by atoms with Crippen LogP contribution in [0.1, 0.15) is 42.7 Å². The average molecular weight is 483 g/mol. The van der Waals surface area contributed by atoms with E-state index in [1.807, 2.05) is 48.9 Å². The lowest BCUT2D eigenvalue weighted by Gasteiger charge is -2.38. The Morgan fingerprint density at radius 1 is 1.11 bits per heavy atom. The Balaban J connectivity index is 1.45. The molecule has 0 fully saturated rings. The number of imidazole rings is 1. The van der Waals surface area contributed by atoms with E-state index < -0.39 is 23.6 Å². The number of hydrogen-bond donors (Lipinski definition) is 0. The number of aryl methyl sites for hydroxylation is 1. The number of nitrogens with zero attached hydrogens (tertiary/aromatic N) is 4. The molecular weight excluding hydrogens is 457 g/mol. The molecule has 0 radical (unpaired) electrons. The van der Waals surface area contributed by atoms with Gasteiger partial charge in [-0.05, 0) is 68.2 Å². The molecule has 2 aliphatic heterocycles. The quantitative estimate of drug-likeness (QED) is 0.457. The smallest absolute Gasteiger partial charge is 0.194 e. The Labute approximate surface area is 201 Å². The van der Waals surface area contributed by atoms with E-state index in [0.29, 0.717) is 12.4 Å². The molecule has 1 aromatic heterocycles. The van der Waals surface area contributed by atoms with Crippen molar-refractivity contribution in [1.29, 1.82) is 0 Å². The van der Waals surface area contributed by atoms with E-state index in [0.717, 1.165) is 53.2 Å². The van der Waals surface area contributed by atoms with Crippen LogP contribution in [-0.2, 0) is 4.84 Å². The van der Waals surface area contributed by atoms with Crippen LogP contribution >= 0.6 is 0 Å². The number of methoxy groups -OCH3 is 1. The first kappa shape index (κ1) is 23.0. The molecule has 2 aliphatic rings. The molecule has 0 spiro atoms. The highest BCUT2D eigenvalue weighted by atomic mass is 19.2. The standard InChI is InChI=1S/C26H25F3N4O2/c1-15-13-32(14-30-15)22-7-6-18(11-23(22)34-3)17-5-4-8-33-16(2)26(35-31-24(33)12-17)19-9-20(27)25(29)21(28)10-19/h6-7,9-14,16,26H,4-5,8H2,1-3H3. The molecular formula is C26H25F3N4O2. The average Bonchev–Trinajstić information content (AvgIpc) is 3.15. The third kappa shape index (κ3) is 4.26. The molecule has 0 saturated carbocycles. The lowest BCUT2D eigenvalue weighted by molar-refractivity contribution is -0.0131. The largest absolute Gasteiger partial charge is 0.495 e. The summed E-state index contributed by atoms with van der Waals surface area (Å²) in [5, 5.41) is 4.27. The summed E-state index contributed by atoms with van der Waals surface area (Å²) in [6.07, 6.45) is 6.58. The van der Waals surface area contributed by atoms with Crippen molar-refractivity contribution >= 4 is 11.4 Å². The first-order valence-electron chi connectivity index (χ1n) is 11.4. The predicted octanol–water partition coefficient (Wildman–Crippen LogP) is 5.56. The highest BCUT2D eigenvalue weighted by Crippen LogP contribution is 2.35. The maximum atomic E-state index is 13.8. The number of benzene rings is 2. The molecule has 3 heterocycles. The van der Waals surface area contributed by atoms with Crippen molar-refractivity contribution in [1.82, 2.24) is 14.5 Å². The zero-order chi connectivity index (χ0) is 24.7.